The number of piperidine rings is 1. The summed E-state index contributed by atoms with van der Waals surface area (Å²) in [5, 5.41) is 6.89. The van der Waals surface area contributed by atoms with E-state index in [1.54, 1.807) is 0 Å². The highest BCUT2D eigenvalue weighted by Crippen LogP contribution is 2.16. The van der Waals surface area contributed by atoms with E-state index in [1.807, 2.05) is 0 Å². The zero-order chi connectivity index (χ0) is 18.6. The maximum absolute atomic E-state index is 5.42. The van der Waals surface area contributed by atoms with Gasteiger partial charge >= 0.3 is 0 Å². The second-order valence-corrected chi connectivity index (χ2v) is 7.90. The molecule has 2 aliphatic heterocycles. The average molecular weight is 495 g/mol. The number of hydrogen-bond acceptors (Lipinski definition) is 4. The number of ether oxygens (including phenoxy) is 1. The molecule has 160 valence electrons. The number of aliphatic imine (C=N–C) groups is 1. The molecule has 0 amide bonds. The lowest BCUT2D eigenvalue weighted by Gasteiger charge is -2.33. The van der Waals surface area contributed by atoms with E-state index >= 15 is 0 Å². The summed E-state index contributed by atoms with van der Waals surface area (Å²) < 4.78 is 5.42. The first-order valence-electron chi connectivity index (χ1n) is 10.8. The van der Waals surface area contributed by atoms with Crippen LogP contribution in [0.15, 0.2) is 4.99 Å². The van der Waals surface area contributed by atoms with Crippen LogP contribution >= 0.6 is 24.0 Å². The van der Waals surface area contributed by atoms with Crippen LogP contribution in [-0.4, -0.2) is 87.4 Å². The van der Waals surface area contributed by atoms with Gasteiger partial charge in [-0.15, -0.1) is 24.0 Å². The van der Waals surface area contributed by atoms with Crippen molar-refractivity contribution < 1.29 is 4.74 Å². The molecule has 2 fully saturated rings. The van der Waals surface area contributed by atoms with Crippen molar-refractivity contribution in [3.05, 3.63) is 0 Å². The number of likely N-dealkylation sites (tertiary alicyclic amines) is 1. The van der Waals surface area contributed by atoms with Crippen LogP contribution in [0.25, 0.3) is 0 Å². The van der Waals surface area contributed by atoms with E-state index in [1.165, 1.54) is 38.8 Å². The number of guanidine groups is 1. The van der Waals surface area contributed by atoms with Gasteiger partial charge < -0.3 is 20.3 Å². The predicted molar refractivity (Wildman–Crippen MR) is 125 cm³/mol. The lowest BCUT2D eigenvalue weighted by Crippen LogP contribution is -2.42. The highest BCUT2D eigenvalue weighted by atomic mass is 127. The van der Waals surface area contributed by atoms with Crippen molar-refractivity contribution in [1.82, 2.24) is 20.4 Å². The highest BCUT2D eigenvalue weighted by Gasteiger charge is 2.17. The molecule has 2 rings (SSSR count). The van der Waals surface area contributed by atoms with Crippen molar-refractivity contribution in [3.8, 4) is 0 Å². The molecule has 2 aliphatic rings. The fraction of sp³-hybridized carbons (Fsp3) is 0.950. The molecule has 0 aromatic rings. The fourth-order valence-electron chi connectivity index (χ4n) is 3.85. The maximum atomic E-state index is 5.42. The Kier molecular flexibility index (Phi) is 13.7. The Hall–Kier alpha value is -0.120. The molecule has 2 unspecified atom stereocenters. The molecule has 27 heavy (non-hydrogen) atoms. The molecule has 0 aliphatic carbocycles. The number of morpholine rings is 1. The van der Waals surface area contributed by atoms with Crippen molar-refractivity contribution in [2.24, 2.45) is 10.9 Å². The number of rotatable bonds is 9. The van der Waals surface area contributed by atoms with E-state index in [9.17, 15) is 0 Å². The minimum absolute atomic E-state index is 0. The third-order valence-electron chi connectivity index (χ3n) is 5.43. The molecule has 0 spiro atoms. The molecule has 7 heteroatoms. The molecule has 2 saturated heterocycles. The quantitative estimate of drug-likeness (QED) is 0.223. The summed E-state index contributed by atoms with van der Waals surface area (Å²) in [7, 11) is 0. The minimum Gasteiger partial charge on any atom is -0.379 e. The maximum Gasteiger partial charge on any atom is 0.191 e. The summed E-state index contributed by atoms with van der Waals surface area (Å²) in [5.41, 5.74) is 0. The van der Waals surface area contributed by atoms with Gasteiger partial charge in [0.05, 0.1) is 13.2 Å². The van der Waals surface area contributed by atoms with Crippen LogP contribution in [0.1, 0.15) is 46.5 Å². The molecule has 2 atom stereocenters. The number of halogens is 1. The van der Waals surface area contributed by atoms with Gasteiger partial charge in [-0.25, -0.2) is 0 Å². The second kappa shape index (κ2) is 14.8. The van der Waals surface area contributed by atoms with E-state index in [-0.39, 0.29) is 24.0 Å². The predicted octanol–water partition coefficient (Wildman–Crippen LogP) is 2.39. The summed E-state index contributed by atoms with van der Waals surface area (Å²) >= 11 is 0. The van der Waals surface area contributed by atoms with Gasteiger partial charge in [-0.1, -0.05) is 13.3 Å². The highest BCUT2D eigenvalue weighted by molar-refractivity contribution is 14.0. The Balaban J connectivity index is 0.00000364. The molecular weight excluding hydrogens is 453 g/mol. The van der Waals surface area contributed by atoms with Crippen LogP contribution in [0, 0.1) is 5.92 Å². The second-order valence-electron chi connectivity index (χ2n) is 7.90. The van der Waals surface area contributed by atoms with Crippen molar-refractivity contribution in [2.75, 3.05) is 65.6 Å². The lowest BCUT2D eigenvalue weighted by molar-refractivity contribution is 0.0323. The van der Waals surface area contributed by atoms with E-state index in [4.69, 9.17) is 9.73 Å². The van der Waals surface area contributed by atoms with Gasteiger partial charge in [-0.3, -0.25) is 9.89 Å². The van der Waals surface area contributed by atoms with Crippen LogP contribution < -0.4 is 10.6 Å². The Labute approximate surface area is 183 Å². The summed E-state index contributed by atoms with van der Waals surface area (Å²) in [6.45, 7) is 17.0. The van der Waals surface area contributed by atoms with Gasteiger partial charge in [0.15, 0.2) is 5.96 Å². The Bertz CT molecular complexity index is 404. The van der Waals surface area contributed by atoms with Gasteiger partial charge in [0.25, 0.3) is 0 Å². The Morgan fingerprint density at radius 3 is 2.67 bits per heavy atom. The minimum atomic E-state index is 0. The van der Waals surface area contributed by atoms with E-state index < -0.39 is 0 Å². The molecule has 0 aromatic heterocycles. The Morgan fingerprint density at radius 1 is 1.19 bits per heavy atom. The van der Waals surface area contributed by atoms with Crippen molar-refractivity contribution in [2.45, 2.75) is 52.5 Å². The van der Waals surface area contributed by atoms with E-state index in [0.29, 0.717) is 5.92 Å². The lowest BCUT2D eigenvalue weighted by atomic mass is 10.0. The summed E-state index contributed by atoms with van der Waals surface area (Å²) in [6.07, 6.45) is 5.30. The van der Waals surface area contributed by atoms with Crippen LogP contribution in [-0.2, 0) is 4.74 Å². The molecule has 0 radical (unpaired) electrons. The van der Waals surface area contributed by atoms with Crippen LogP contribution in [0.3, 0.4) is 0 Å². The van der Waals surface area contributed by atoms with E-state index in [2.05, 4.69) is 41.2 Å². The topological polar surface area (TPSA) is 52.1 Å². The summed E-state index contributed by atoms with van der Waals surface area (Å²) in [5.74, 6) is 1.53. The van der Waals surface area contributed by atoms with Crippen molar-refractivity contribution >= 4 is 29.9 Å². The van der Waals surface area contributed by atoms with Crippen LogP contribution in [0.2, 0.25) is 0 Å². The number of nitrogens with zero attached hydrogens (tertiary/aromatic N) is 3. The number of hydrogen-bond donors (Lipinski definition) is 2. The average Bonchev–Trinajstić information content (AvgIpc) is 2.65. The van der Waals surface area contributed by atoms with Gasteiger partial charge in [0.1, 0.15) is 0 Å². The van der Waals surface area contributed by atoms with E-state index in [0.717, 1.165) is 64.5 Å². The van der Waals surface area contributed by atoms with Crippen LogP contribution in [0.4, 0.5) is 0 Å². The summed E-state index contributed by atoms with van der Waals surface area (Å²) in [6, 6.07) is 0.756. The SMILES string of the molecule is CCNC(=NCC(C)CN1CCOCC1)NCCCN1CCCCC1C.I. The zero-order valence-electron chi connectivity index (χ0n) is 17.7. The molecule has 2 N–H and O–H groups in total. The molecule has 0 bridgehead atoms. The van der Waals surface area contributed by atoms with Gasteiger partial charge in [0, 0.05) is 51.9 Å². The largest absolute Gasteiger partial charge is 0.379 e. The first-order chi connectivity index (χ1) is 12.7. The third-order valence-corrected chi connectivity index (χ3v) is 5.43. The molecular formula is C20H42IN5O. The first kappa shape index (κ1) is 24.9. The smallest absolute Gasteiger partial charge is 0.191 e. The molecule has 2 heterocycles. The van der Waals surface area contributed by atoms with Gasteiger partial charge in [0.2, 0.25) is 0 Å². The van der Waals surface area contributed by atoms with Crippen molar-refractivity contribution in [1.29, 1.82) is 0 Å². The fourth-order valence-corrected chi connectivity index (χ4v) is 3.85. The molecule has 0 saturated carbocycles. The molecule has 0 aromatic carbocycles. The number of nitrogens with one attached hydrogen (secondary N) is 2. The van der Waals surface area contributed by atoms with Gasteiger partial charge in [-0.05, 0) is 45.6 Å². The Morgan fingerprint density at radius 2 is 1.96 bits per heavy atom. The third kappa shape index (κ3) is 10.3. The normalized spacial score (nSPS) is 23.5. The standard InChI is InChI=1S/C20H41N5O.HI/c1-4-21-20(22-9-7-11-25-10-6-5-8-19(25)3)23-16-18(2)17-24-12-14-26-15-13-24;/h18-19H,4-17H2,1-3H3,(H2,21,22,23);1H. The zero-order valence-corrected chi connectivity index (χ0v) is 20.0. The summed E-state index contributed by atoms with van der Waals surface area (Å²) in [4.78, 5) is 9.93. The monoisotopic (exact) mass is 495 g/mol. The molecule has 6 nitrogen and oxygen atoms in total. The van der Waals surface area contributed by atoms with Gasteiger partial charge in [-0.2, -0.15) is 0 Å². The van der Waals surface area contributed by atoms with Crippen molar-refractivity contribution in [3.63, 3.8) is 0 Å². The van der Waals surface area contributed by atoms with Crippen LogP contribution in [0.5, 0.6) is 0 Å². The first-order valence-corrected chi connectivity index (χ1v) is 10.8.